The third-order valence-corrected chi connectivity index (χ3v) is 3.22. The predicted molar refractivity (Wildman–Crippen MR) is 80.5 cm³/mol. The van der Waals surface area contributed by atoms with E-state index in [-0.39, 0.29) is 0 Å². The molecule has 0 spiro atoms. The molecule has 106 valence electrons. The normalized spacial score (nSPS) is 11.1. The van der Waals surface area contributed by atoms with Crippen LogP contribution in [0.2, 0.25) is 0 Å². The third-order valence-electron chi connectivity index (χ3n) is 3.22. The van der Waals surface area contributed by atoms with E-state index >= 15 is 0 Å². The van der Waals surface area contributed by atoms with Gasteiger partial charge in [0.25, 0.3) is 0 Å². The van der Waals surface area contributed by atoms with Crippen molar-refractivity contribution >= 4 is 0 Å². The van der Waals surface area contributed by atoms with Crippen molar-refractivity contribution in [2.75, 3.05) is 0 Å². The topological polar surface area (TPSA) is 50.7 Å². The highest BCUT2D eigenvalue weighted by Gasteiger charge is 2.09. The standard InChI is InChI=1S/C16H22N4/c1-11(2)18-10-15-12(3)19-16(20-13(15)4)9-14-7-5-6-8-17-14/h5-8,11,18H,9-10H2,1-4H3. The molecule has 0 saturated heterocycles. The van der Waals surface area contributed by atoms with Crippen molar-refractivity contribution in [3.05, 3.63) is 52.9 Å². The summed E-state index contributed by atoms with van der Waals surface area (Å²) < 4.78 is 0. The number of aryl methyl sites for hydroxylation is 2. The highest BCUT2D eigenvalue weighted by Crippen LogP contribution is 2.12. The smallest absolute Gasteiger partial charge is 0.134 e. The molecule has 0 saturated carbocycles. The summed E-state index contributed by atoms with van der Waals surface area (Å²) in [6.07, 6.45) is 2.48. The van der Waals surface area contributed by atoms with Crippen LogP contribution in [0.3, 0.4) is 0 Å². The third kappa shape index (κ3) is 3.84. The summed E-state index contributed by atoms with van der Waals surface area (Å²) in [5, 5.41) is 3.42. The van der Waals surface area contributed by atoms with Gasteiger partial charge in [-0.15, -0.1) is 0 Å². The Morgan fingerprint density at radius 3 is 2.35 bits per heavy atom. The number of nitrogens with zero attached hydrogens (tertiary/aromatic N) is 3. The van der Waals surface area contributed by atoms with Crippen molar-refractivity contribution in [3.63, 3.8) is 0 Å². The van der Waals surface area contributed by atoms with E-state index in [1.807, 2.05) is 32.0 Å². The van der Waals surface area contributed by atoms with Gasteiger partial charge in [-0.05, 0) is 26.0 Å². The quantitative estimate of drug-likeness (QED) is 0.907. The maximum atomic E-state index is 4.62. The predicted octanol–water partition coefficient (Wildman–Crippen LogP) is 2.58. The molecule has 0 aliphatic rings. The van der Waals surface area contributed by atoms with E-state index in [0.29, 0.717) is 12.5 Å². The van der Waals surface area contributed by atoms with Gasteiger partial charge in [-0.1, -0.05) is 19.9 Å². The van der Waals surface area contributed by atoms with Crippen LogP contribution >= 0.6 is 0 Å². The summed E-state index contributed by atoms with van der Waals surface area (Å²) in [7, 11) is 0. The first-order chi connectivity index (χ1) is 9.56. The average Bonchev–Trinajstić information content (AvgIpc) is 2.38. The molecule has 0 unspecified atom stereocenters. The summed E-state index contributed by atoms with van der Waals surface area (Å²) in [5.74, 6) is 0.840. The molecule has 0 bridgehead atoms. The fourth-order valence-electron chi connectivity index (χ4n) is 2.11. The van der Waals surface area contributed by atoms with Gasteiger partial charge in [0.1, 0.15) is 5.82 Å². The zero-order chi connectivity index (χ0) is 14.5. The van der Waals surface area contributed by atoms with E-state index in [0.717, 1.165) is 29.5 Å². The molecule has 4 heteroatoms. The highest BCUT2D eigenvalue weighted by molar-refractivity contribution is 5.25. The molecule has 4 nitrogen and oxygen atoms in total. The van der Waals surface area contributed by atoms with Gasteiger partial charge in [0, 0.05) is 41.4 Å². The van der Waals surface area contributed by atoms with Crippen LogP contribution in [0.4, 0.5) is 0 Å². The highest BCUT2D eigenvalue weighted by atomic mass is 14.9. The lowest BCUT2D eigenvalue weighted by atomic mass is 10.1. The molecule has 0 atom stereocenters. The van der Waals surface area contributed by atoms with Gasteiger partial charge in [-0.3, -0.25) is 4.98 Å². The Morgan fingerprint density at radius 1 is 1.10 bits per heavy atom. The van der Waals surface area contributed by atoms with Crippen molar-refractivity contribution in [1.29, 1.82) is 0 Å². The summed E-state index contributed by atoms with van der Waals surface area (Å²) in [4.78, 5) is 13.6. The molecule has 0 amide bonds. The number of pyridine rings is 1. The summed E-state index contributed by atoms with van der Waals surface area (Å²) in [5.41, 5.74) is 4.30. The van der Waals surface area contributed by atoms with Crippen molar-refractivity contribution < 1.29 is 0 Å². The van der Waals surface area contributed by atoms with Gasteiger partial charge < -0.3 is 5.32 Å². The minimum absolute atomic E-state index is 0.460. The molecule has 20 heavy (non-hydrogen) atoms. The Bertz CT molecular complexity index is 541. The lowest BCUT2D eigenvalue weighted by Crippen LogP contribution is -2.23. The molecule has 0 fully saturated rings. The average molecular weight is 270 g/mol. The molecule has 2 heterocycles. The van der Waals surface area contributed by atoms with Crippen LogP contribution < -0.4 is 5.32 Å². The molecular weight excluding hydrogens is 248 g/mol. The molecule has 0 aliphatic heterocycles. The molecule has 0 aliphatic carbocycles. The zero-order valence-electron chi connectivity index (χ0n) is 12.6. The Morgan fingerprint density at radius 2 is 1.80 bits per heavy atom. The van der Waals surface area contributed by atoms with Crippen molar-refractivity contribution in [3.8, 4) is 0 Å². The minimum Gasteiger partial charge on any atom is -0.310 e. The number of hydrogen-bond donors (Lipinski definition) is 1. The first-order valence-corrected chi connectivity index (χ1v) is 7.02. The van der Waals surface area contributed by atoms with Gasteiger partial charge in [0.05, 0.1) is 6.42 Å². The van der Waals surface area contributed by atoms with E-state index in [2.05, 4.69) is 34.1 Å². The van der Waals surface area contributed by atoms with Crippen molar-refractivity contribution in [2.45, 2.75) is 46.7 Å². The van der Waals surface area contributed by atoms with Crippen LogP contribution in [0.5, 0.6) is 0 Å². The van der Waals surface area contributed by atoms with E-state index in [9.17, 15) is 0 Å². The largest absolute Gasteiger partial charge is 0.310 e. The van der Waals surface area contributed by atoms with Crippen LogP contribution in [0.15, 0.2) is 24.4 Å². The number of aromatic nitrogens is 3. The van der Waals surface area contributed by atoms with E-state index in [1.165, 1.54) is 5.56 Å². The Balaban J connectivity index is 2.17. The minimum atomic E-state index is 0.460. The molecule has 2 rings (SSSR count). The molecule has 0 aromatic carbocycles. The number of nitrogens with one attached hydrogen (secondary N) is 1. The number of rotatable bonds is 5. The zero-order valence-corrected chi connectivity index (χ0v) is 12.6. The summed E-state index contributed by atoms with van der Waals surface area (Å²) >= 11 is 0. The SMILES string of the molecule is Cc1nc(Cc2ccccn2)nc(C)c1CNC(C)C. The maximum Gasteiger partial charge on any atom is 0.134 e. The lowest BCUT2D eigenvalue weighted by Gasteiger charge is -2.13. The molecule has 1 N–H and O–H groups in total. The van der Waals surface area contributed by atoms with Gasteiger partial charge >= 0.3 is 0 Å². The fraction of sp³-hybridized carbons (Fsp3) is 0.438. The fourth-order valence-corrected chi connectivity index (χ4v) is 2.11. The molecule has 2 aromatic heterocycles. The Kier molecular flexibility index (Phi) is 4.79. The van der Waals surface area contributed by atoms with E-state index in [1.54, 1.807) is 6.20 Å². The second kappa shape index (κ2) is 6.57. The van der Waals surface area contributed by atoms with Crippen LogP contribution in [0, 0.1) is 13.8 Å². The Hall–Kier alpha value is -1.81. The van der Waals surface area contributed by atoms with Crippen LogP contribution in [0.25, 0.3) is 0 Å². The summed E-state index contributed by atoms with van der Waals surface area (Å²) in [6.45, 7) is 9.20. The number of hydrogen-bond acceptors (Lipinski definition) is 4. The van der Waals surface area contributed by atoms with Crippen molar-refractivity contribution in [1.82, 2.24) is 20.3 Å². The van der Waals surface area contributed by atoms with Crippen LogP contribution in [-0.2, 0) is 13.0 Å². The van der Waals surface area contributed by atoms with E-state index in [4.69, 9.17) is 0 Å². The first kappa shape index (κ1) is 14.6. The van der Waals surface area contributed by atoms with Gasteiger partial charge in [0.2, 0.25) is 0 Å². The second-order valence-corrected chi connectivity index (χ2v) is 5.32. The molecule has 0 radical (unpaired) electrons. The van der Waals surface area contributed by atoms with Crippen molar-refractivity contribution in [2.24, 2.45) is 0 Å². The lowest BCUT2D eigenvalue weighted by molar-refractivity contribution is 0.582. The first-order valence-electron chi connectivity index (χ1n) is 7.02. The van der Waals surface area contributed by atoms with Gasteiger partial charge in [0.15, 0.2) is 0 Å². The van der Waals surface area contributed by atoms with Crippen LogP contribution in [-0.4, -0.2) is 21.0 Å². The Labute approximate surface area is 120 Å². The van der Waals surface area contributed by atoms with Crippen LogP contribution in [0.1, 0.15) is 42.3 Å². The molecule has 2 aromatic rings. The molecular formula is C16H22N4. The van der Waals surface area contributed by atoms with Gasteiger partial charge in [-0.25, -0.2) is 9.97 Å². The second-order valence-electron chi connectivity index (χ2n) is 5.32. The monoisotopic (exact) mass is 270 g/mol. The van der Waals surface area contributed by atoms with E-state index < -0.39 is 0 Å². The summed E-state index contributed by atoms with van der Waals surface area (Å²) in [6, 6.07) is 6.37. The maximum absolute atomic E-state index is 4.62. The van der Waals surface area contributed by atoms with Gasteiger partial charge in [-0.2, -0.15) is 0 Å².